The van der Waals surface area contributed by atoms with E-state index in [9.17, 15) is 14.9 Å². The number of carbonyl (C=O) groups is 1. The zero-order chi connectivity index (χ0) is 13.0. The van der Waals surface area contributed by atoms with Gasteiger partial charge in [0.1, 0.15) is 0 Å². The van der Waals surface area contributed by atoms with Crippen molar-refractivity contribution >= 4 is 17.3 Å². The fourth-order valence-electron chi connectivity index (χ4n) is 1.26. The van der Waals surface area contributed by atoms with Gasteiger partial charge in [-0.25, -0.2) is 0 Å². The molecule has 0 radical (unpaired) electrons. The molecule has 1 unspecified atom stereocenters. The first-order chi connectivity index (χ1) is 7.91. The number of nitrogens with zero attached hydrogens (tertiary/aromatic N) is 1. The number of benzene rings is 1. The van der Waals surface area contributed by atoms with E-state index in [4.69, 9.17) is 5.11 Å². The quantitative estimate of drug-likeness (QED) is 0.604. The number of rotatable bonds is 5. The van der Waals surface area contributed by atoms with Gasteiger partial charge in [0.15, 0.2) is 0 Å². The number of anilines is 1. The van der Waals surface area contributed by atoms with Crippen LogP contribution in [0.3, 0.4) is 0 Å². The van der Waals surface area contributed by atoms with Gasteiger partial charge in [0, 0.05) is 24.4 Å². The van der Waals surface area contributed by atoms with Gasteiger partial charge in [-0.2, -0.15) is 0 Å². The predicted molar refractivity (Wildman–Crippen MR) is 63.1 cm³/mol. The molecule has 0 aromatic heterocycles. The predicted octanol–water partition coefficient (Wildman–Crippen LogP) is 2.04. The second-order valence-corrected chi connectivity index (χ2v) is 3.88. The minimum absolute atomic E-state index is 0.0129. The van der Waals surface area contributed by atoms with Crippen LogP contribution in [0.5, 0.6) is 0 Å². The number of non-ortho nitro benzene ring substituents is 1. The molecule has 17 heavy (non-hydrogen) atoms. The Morgan fingerprint density at radius 1 is 1.59 bits per heavy atom. The third-order valence-corrected chi connectivity index (χ3v) is 2.45. The second-order valence-electron chi connectivity index (χ2n) is 3.88. The summed E-state index contributed by atoms with van der Waals surface area (Å²) in [7, 11) is 0. The van der Waals surface area contributed by atoms with Crippen molar-refractivity contribution < 1.29 is 14.8 Å². The topological polar surface area (TPSA) is 92.5 Å². The van der Waals surface area contributed by atoms with Crippen molar-refractivity contribution in [2.24, 2.45) is 5.92 Å². The molecule has 0 fully saturated rings. The van der Waals surface area contributed by atoms with Crippen molar-refractivity contribution in [3.63, 3.8) is 0 Å². The molecule has 6 nitrogen and oxygen atoms in total. The molecule has 1 aromatic rings. The van der Waals surface area contributed by atoms with E-state index in [0.717, 1.165) is 5.56 Å². The minimum atomic E-state index is -0.902. The fraction of sp³-hybridized carbons (Fsp3) is 0.364. The first-order valence-corrected chi connectivity index (χ1v) is 5.13. The maximum atomic E-state index is 10.6. The lowest BCUT2D eigenvalue weighted by molar-refractivity contribution is -0.384. The molecular formula is C11H14N2O4. The van der Waals surface area contributed by atoms with Gasteiger partial charge in [-0.1, -0.05) is 13.0 Å². The zero-order valence-electron chi connectivity index (χ0n) is 9.64. The molecule has 0 saturated heterocycles. The van der Waals surface area contributed by atoms with Gasteiger partial charge in [-0.15, -0.1) is 0 Å². The number of hydrogen-bond acceptors (Lipinski definition) is 4. The molecule has 2 N–H and O–H groups in total. The Hall–Kier alpha value is -2.11. The Labute approximate surface area is 98.4 Å². The highest BCUT2D eigenvalue weighted by Crippen LogP contribution is 2.21. The number of aliphatic carboxylic acids is 1. The van der Waals surface area contributed by atoms with E-state index >= 15 is 0 Å². The first-order valence-electron chi connectivity index (χ1n) is 5.13. The van der Waals surface area contributed by atoms with Crippen molar-refractivity contribution in [1.82, 2.24) is 0 Å². The van der Waals surface area contributed by atoms with E-state index in [1.165, 1.54) is 12.1 Å². The highest BCUT2D eigenvalue weighted by molar-refractivity contribution is 5.70. The summed E-state index contributed by atoms with van der Waals surface area (Å²) in [5.41, 5.74) is 1.42. The Morgan fingerprint density at radius 2 is 2.24 bits per heavy atom. The van der Waals surface area contributed by atoms with Gasteiger partial charge < -0.3 is 10.4 Å². The summed E-state index contributed by atoms with van der Waals surface area (Å²) in [5, 5.41) is 22.2. The highest BCUT2D eigenvalue weighted by atomic mass is 16.6. The van der Waals surface area contributed by atoms with Crippen LogP contribution < -0.4 is 5.32 Å². The maximum Gasteiger partial charge on any atom is 0.308 e. The van der Waals surface area contributed by atoms with E-state index < -0.39 is 16.8 Å². The first kappa shape index (κ1) is 13.0. The lowest BCUT2D eigenvalue weighted by Crippen LogP contribution is -2.19. The van der Waals surface area contributed by atoms with Crippen LogP contribution in [0.2, 0.25) is 0 Å². The fourth-order valence-corrected chi connectivity index (χ4v) is 1.26. The minimum Gasteiger partial charge on any atom is -0.481 e. The third-order valence-electron chi connectivity index (χ3n) is 2.45. The molecule has 0 aliphatic rings. The molecule has 1 aromatic carbocycles. The van der Waals surface area contributed by atoms with Gasteiger partial charge in [-0.3, -0.25) is 14.9 Å². The average Bonchev–Trinajstić information content (AvgIpc) is 2.26. The molecule has 0 spiro atoms. The third kappa shape index (κ3) is 3.44. The van der Waals surface area contributed by atoms with E-state index in [1.807, 2.05) is 0 Å². The van der Waals surface area contributed by atoms with Crippen LogP contribution in [0.1, 0.15) is 12.5 Å². The van der Waals surface area contributed by atoms with Crippen molar-refractivity contribution in [2.75, 3.05) is 11.9 Å². The Balaban J connectivity index is 2.79. The molecule has 92 valence electrons. The van der Waals surface area contributed by atoms with Crippen LogP contribution in [0, 0.1) is 23.0 Å². The van der Waals surface area contributed by atoms with Crippen LogP contribution in [0.25, 0.3) is 0 Å². The SMILES string of the molecule is Cc1ccc([N+](=O)[O-])cc1NCC(C)C(=O)O. The standard InChI is InChI=1S/C11H14N2O4/c1-7-3-4-9(13(16)17)5-10(7)12-6-8(2)11(14)15/h3-5,8,12H,6H2,1-2H3,(H,14,15). The number of nitrogens with one attached hydrogen (secondary N) is 1. The normalized spacial score (nSPS) is 11.9. The number of carboxylic acid groups (broad SMARTS) is 1. The van der Waals surface area contributed by atoms with E-state index in [1.54, 1.807) is 19.9 Å². The monoisotopic (exact) mass is 238 g/mol. The molecular weight excluding hydrogens is 224 g/mol. The Kier molecular flexibility index (Phi) is 4.03. The second kappa shape index (κ2) is 5.29. The summed E-state index contributed by atoms with van der Waals surface area (Å²) in [6, 6.07) is 4.46. The van der Waals surface area contributed by atoms with Gasteiger partial charge in [0.2, 0.25) is 0 Å². The number of nitro benzene ring substituents is 1. The molecule has 0 aliphatic heterocycles. The summed E-state index contributed by atoms with van der Waals surface area (Å²) in [6.07, 6.45) is 0. The average molecular weight is 238 g/mol. The molecule has 0 amide bonds. The van der Waals surface area contributed by atoms with Gasteiger partial charge >= 0.3 is 5.97 Å². The molecule has 6 heteroatoms. The smallest absolute Gasteiger partial charge is 0.308 e. The van der Waals surface area contributed by atoms with Crippen molar-refractivity contribution in [2.45, 2.75) is 13.8 Å². The van der Waals surface area contributed by atoms with Crippen LogP contribution in [-0.2, 0) is 4.79 Å². The van der Waals surface area contributed by atoms with Crippen molar-refractivity contribution in [1.29, 1.82) is 0 Å². The largest absolute Gasteiger partial charge is 0.481 e. The van der Waals surface area contributed by atoms with E-state index in [2.05, 4.69) is 5.32 Å². The molecule has 0 bridgehead atoms. The maximum absolute atomic E-state index is 10.6. The van der Waals surface area contributed by atoms with Crippen molar-refractivity contribution in [3.05, 3.63) is 33.9 Å². The molecule has 0 heterocycles. The summed E-state index contributed by atoms with van der Waals surface area (Å²) < 4.78 is 0. The van der Waals surface area contributed by atoms with Crippen LogP contribution >= 0.6 is 0 Å². The summed E-state index contributed by atoms with van der Waals surface area (Å²) in [6.45, 7) is 3.61. The van der Waals surface area contributed by atoms with Crippen LogP contribution in [0.15, 0.2) is 18.2 Å². The van der Waals surface area contributed by atoms with Crippen LogP contribution in [0.4, 0.5) is 11.4 Å². The molecule has 1 atom stereocenters. The van der Waals surface area contributed by atoms with E-state index in [0.29, 0.717) is 5.69 Å². The number of aryl methyl sites for hydroxylation is 1. The summed E-state index contributed by atoms with van der Waals surface area (Å²) in [4.78, 5) is 20.7. The lowest BCUT2D eigenvalue weighted by Gasteiger charge is -2.11. The highest BCUT2D eigenvalue weighted by Gasteiger charge is 2.12. The van der Waals surface area contributed by atoms with Gasteiger partial charge in [-0.05, 0) is 12.5 Å². The van der Waals surface area contributed by atoms with E-state index in [-0.39, 0.29) is 12.2 Å². The summed E-state index contributed by atoms with van der Waals surface area (Å²) >= 11 is 0. The molecule has 1 rings (SSSR count). The number of nitro groups is 1. The van der Waals surface area contributed by atoms with Crippen LogP contribution in [-0.4, -0.2) is 22.5 Å². The van der Waals surface area contributed by atoms with Gasteiger partial charge in [0.05, 0.1) is 10.8 Å². The van der Waals surface area contributed by atoms with Crippen molar-refractivity contribution in [3.8, 4) is 0 Å². The lowest BCUT2D eigenvalue weighted by atomic mass is 10.1. The Bertz CT molecular complexity index is 445. The summed E-state index contributed by atoms with van der Waals surface area (Å²) in [5.74, 6) is -1.45. The molecule has 0 saturated carbocycles. The zero-order valence-corrected chi connectivity index (χ0v) is 9.64. The molecule has 0 aliphatic carbocycles. The van der Waals surface area contributed by atoms with Gasteiger partial charge in [0.25, 0.3) is 5.69 Å². The number of carboxylic acids is 1. The Morgan fingerprint density at radius 3 is 2.76 bits per heavy atom. The number of hydrogen-bond donors (Lipinski definition) is 2.